The van der Waals surface area contributed by atoms with Crippen LogP contribution < -0.4 is 10.9 Å². The van der Waals surface area contributed by atoms with Crippen molar-refractivity contribution in [3.63, 3.8) is 0 Å². The van der Waals surface area contributed by atoms with Gasteiger partial charge in [-0.15, -0.1) is 0 Å². The third-order valence-electron chi connectivity index (χ3n) is 4.83. The molecule has 0 saturated carbocycles. The van der Waals surface area contributed by atoms with Gasteiger partial charge in [-0.25, -0.2) is 0 Å². The number of hydrogen-bond acceptors (Lipinski definition) is 2. The van der Waals surface area contributed by atoms with Crippen LogP contribution in [-0.4, -0.2) is 0 Å². The van der Waals surface area contributed by atoms with Crippen LogP contribution >= 0.6 is 0 Å². The standard InChI is InChI=1S/C22H12O2/c23-21-17-7-3-1-5-13(17)15-9-11-20-16(10-12-19(15)21)14-6-2-4-8-18(14)22(20)24/h1-12H. The highest BCUT2D eigenvalue weighted by Gasteiger charge is 2.11. The van der Waals surface area contributed by atoms with Gasteiger partial charge in [-0.1, -0.05) is 60.7 Å². The van der Waals surface area contributed by atoms with E-state index in [-0.39, 0.29) is 10.9 Å². The summed E-state index contributed by atoms with van der Waals surface area (Å²) < 4.78 is 0. The monoisotopic (exact) mass is 308 g/mol. The second-order valence-electron chi connectivity index (χ2n) is 6.07. The lowest BCUT2D eigenvalue weighted by Gasteiger charge is -1.91. The molecule has 0 radical (unpaired) electrons. The molecule has 112 valence electrons. The zero-order chi connectivity index (χ0) is 16.3. The van der Waals surface area contributed by atoms with Crippen LogP contribution in [0.5, 0.6) is 0 Å². The van der Waals surface area contributed by atoms with E-state index in [1.807, 2.05) is 72.8 Å². The molecule has 0 saturated heterocycles. The Labute approximate surface area is 136 Å². The Bertz CT molecular complexity index is 1280. The first-order chi connectivity index (χ1) is 11.8. The first-order valence-corrected chi connectivity index (χ1v) is 7.88. The largest absolute Gasteiger partial charge is 0.289 e. The van der Waals surface area contributed by atoms with Gasteiger partial charge in [-0.3, -0.25) is 9.59 Å². The molecular formula is C22H12O2. The van der Waals surface area contributed by atoms with Crippen molar-refractivity contribution in [2.24, 2.45) is 0 Å². The van der Waals surface area contributed by atoms with E-state index in [1.165, 1.54) is 0 Å². The molecule has 0 spiro atoms. The van der Waals surface area contributed by atoms with Crippen molar-refractivity contribution in [2.75, 3.05) is 0 Å². The van der Waals surface area contributed by atoms with Crippen molar-refractivity contribution in [1.82, 2.24) is 0 Å². The molecule has 0 heterocycles. The molecule has 5 aromatic carbocycles. The van der Waals surface area contributed by atoms with Gasteiger partial charge in [0.1, 0.15) is 0 Å². The van der Waals surface area contributed by atoms with Crippen LogP contribution in [0.2, 0.25) is 0 Å². The second kappa shape index (κ2) is 4.62. The SMILES string of the molecule is O=c1c2ccccc2c2ccc3c(=O)c4ccccc4c3ccc12. The van der Waals surface area contributed by atoms with Gasteiger partial charge in [0.25, 0.3) is 0 Å². The van der Waals surface area contributed by atoms with Gasteiger partial charge in [0.15, 0.2) is 10.9 Å². The van der Waals surface area contributed by atoms with Crippen molar-refractivity contribution in [3.05, 3.63) is 93.2 Å². The van der Waals surface area contributed by atoms with Crippen molar-refractivity contribution >= 4 is 43.1 Å². The zero-order valence-electron chi connectivity index (χ0n) is 12.7. The van der Waals surface area contributed by atoms with Crippen molar-refractivity contribution in [2.45, 2.75) is 0 Å². The quantitative estimate of drug-likeness (QED) is 0.423. The minimum absolute atomic E-state index is 0.0446. The Morgan fingerprint density at radius 3 is 1.00 bits per heavy atom. The summed E-state index contributed by atoms with van der Waals surface area (Å²) in [6.07, 6.45) is 0. The highest BCUT2D eigenvalue weighted by molar-refractivity contribution is 6.14. The Morgan fingerprint density at radius 1 is 0.333 bits per heavy atom. The molecule has 2 heteroatoms. The Kier molecular flexibility index (Phi) is 2.54. The highest BCUT2D eigenvalue weighted by atomic mass is 16.1. The summed E-state index contributed by atoms with van der Waals surface area (Å²) in [6, 6.07) is 22.7. The molecule has 0 bridgehead atoms. The van der Waals surface area contributed by atoms with Crippen LogP contribution in [0.15, 0.2) is 82.4 Å². The molecule has 2 nitrogen and oxygen atoms in total. The molecule has 24 heavy (non-hydrogen) atoms. The smallest absolute Gasteiger partial charge is 0.194 e. The third kappa shape index (κ3) is 1.60. The maximum atomic E-state index is 12.7. The summed E-state index contributed by atoms with van der Waals surface area (Å²) >= 11 is 0. The molecular weight excluding hydrogens is 296 g/mol. The molecule has 0 N–H and O–H groups in total. The highest BCUT2D eigenvalue weighted by Crippen LogP contribution is 2.27. The molecule has 0 unspecified atom stereocenters. The summed E-state index contributed by atoms with van der Waals surface area (Å²) in [4.78, 5) is 25.3. The van der Waals surface area contributed by atoms with Crippen molar-refractivity contribution in [1.29, 1.82) is 0 Å². The summed E-state index contributed by atoms with van der Waals surface area (Å²) in [5, 5.41) is 6.49. The lowest BCUT2D eigenvalue weighted by molar-refractivity contribution is 1.80. The number of fused-ring (bicyclic) bond motifs is 6. The van der Waals surface area contributed by atoms with E-state index in [0.29, 0.717) is 10.8 Å². The lowest BCUT2D eigenvalue weighted by atomic mass is 10.1. The average Bonchev–Trinajstić information content (AvgIpc) is 3.01. The summed E-state index contributed by atoms with van der Waals surface area (Å²) in [5.41, 5.74) is 0.0892. The minimum Gasteiger partial charge on any atom is -0.289 e. The van der Waals surface area contributed by atoms with E-state index >= 15 is 0 Å². The van der Waals surface area contributed by atoms with Crippen LogP contribution in [0.25, 0.3) is 43.1 Å². The van der Waals surface area contributed by atoms with Gasteiger partial charge >= 0.3 is 0 Å². The van der Waals surface area contributed by atoms with Gasteiger partial charge < -0.3 is 0 Å². The van der Waals surface area contributed by atoms with E-state index < -0.39 is 0 Å². The Balaban J connectivity index is 2.07. The first-order valence-electron chi connectivity index (χ1n) is 7.88. The van der Waals surface area contributed by atoms with Gasteiger partial charge in [0.2, 0.25) is 0 Å². The van der Waals surface area contributed by atoms with E-state index in [1.54, 1.807) is 0 Å². The first kappa shape index (κ1) is 13.2. The Hall–Kier alpha value is -3.26. The molecule has 0 aliphatic carbocycles. The van der Waals surface area contributed by atoms with Crippen LogP contribution in [0.1, 0.15) is 0 Å². The van der Waals surface area contributed by atoms with Crippen molar-refractivity contribution < 1.29 is 0 Å². The maximum absolute atomic E-state index is 12.7. The summed E-state index contributed by atoms with van der Waals surface area (Å²) in [6.45, 7) is 0. The van der Waals surface area contributed by atoms with E-state index in [9.17, 15) is 9.59 Å². The van der Waals surface area contributed by atoms with Gasteiger partial charge in [0, 0.05) is 21.5 Å². The van der Waals surface area contributed by atoms with Gasteiger partial charge in [-0.2, -0.15) is 0 Å². The fourth-order valence-electron chi connectivity index (χ4n) is 3.68. The summed E-state index contributed by atoms with van der Waals surface area (Å²) in [5.74, 6) is 0. The van der Waals surface area contributed by atoms with Crippen LogP contribution in [0.4, 0.5) is 0 Å². The van der Waals surface area contributed by atoms with Crippen molar-refractivity contribution in [3.8, 4) is 0 Å². The number of hydrogen-bond donors (Lipinski definition) is 0. The van der Waals surface area contributed by atoms with E-state index in [2.05, 4.69) is 0 Å². The topological polar surface area (TPSA) is 34.1 Å². The molecule has 0 aliphatic rings. The molecule has 5 aromatic rings. The molecule has 0 fully saturated rings. The third-order valence-corrected chi connectivity index (χ3v) is 4.83. The van der Waals surface area contributed by atoms with Gasteiger partial charge in [-0.05, 0) is 33.7 Å². The summed E-state index contributed by atoms with van der Waals surface area (Å²) in [7, 11) is 0. The molecule has 5 rings (SSSR count). The fourth-order valence-corrected chi connectivity index (χ4v) is 3.68. The fraction of sp³-hybridized carbons (Fsp3) is 0. The minimum atomic E-state index is 0.0446. The van der Waals surface area contributed by atoms with E-state index in [4.69, 9.17) is 0 Å². The van der Waals surface area contributed by atoms with Crippen LogP contribution in [0.3, 0.4) is 0 Å². The molecule has 0 aromatic heterocycles. The van der Waals surface area contributed by atoms with Gasteiger partial charge in [0.05, 0.1) is 0 Å². The zero-order valence-corrected chi connectivity index (χ0v) is 12.7. The normalized spacial score (nSPS) is 11.7. The molecule has 0 aliphatic heterocycles. The predicted octanol–water partition coefficient (Wildman–Crippen LogP) is 4.46. The predicted molar refractivity (Wildman–Crippen MR) is 100 cm³/mol. The van der Waals surface area contributed by atoms with Crippen LogP contribution in [0, 0.1) is 0 Å². The number of rotatable bonds is 0. The maximum Gasteiger partial charge on any atom is 0.194 e. The second-order valence-corrected chi connectivity index (χ2v) is 6.07. The average molecular weight is 308 g/mol. The lowest BCUT2D eigenvalue weighted by Crippen LogP contribution is -1.93. The number of benzene rings is 2. The Morgan fingerprint density at radius 2 is 0.583 bits per heavy atom. The molecule has 0 amide bonds. The molecule has 0 atom stereocenters. The van der Waals surface area contributed by atoms with E-state index in [0.717, 1.165) is 32.3 Å². The van der Waals surface area contributed by atoms with Crippen LogP contribution in [-0.2, 0) is 0 Å².